The molecule has 16 heavy (non-hydrogen) atoms. The van der Waals surface area contributed by atoms with Crippen LogP contribution in [0.15, 0.2) is 24.3 Å². The van der Waals surface area contributed by atoms with Crippen molar-refractivity contribution < 1.29 is 9.53 Å². The maximum absolute atomic E-state index is 11.4. The van der Waals surface area contributed by atoms with E-state index in [1.807, 2.05) is 6.07 Å². The zero-order chi connectivity index (χ0) is 11.5. The molecule has 0 atom stereocenters. The van der Waals surface area contributed by atoms with Gasteiger partial charge in [0.25, 0.3) is 0 Å². The van der Waals surface area contributed by atoms with Crippen LogP contribution in [0.4, 0.5) is 0 Å². The highest BCUT2D eigenvalue weighted by molar-refractivity contribution is 7.97. The third-order valence-corrected chi connectivity index (χ3v) is 4.00. The van der Waals surface area contributed by atoms with Gasteiger partial charge in [-0.2, -0.15) is 11.8 Å². The van der Waals surface area contributed by atoms with E-state index in [2.05, 4.69) is 24.5 Å². The molecule has 0 fully saturated rings. The van der Waals surface area contributed by atoms with Crippen LogP contribution in [0.5, 0.6) is 0 Å². The van der Waals surface area contributed by atoms with Crippen molar-refractivity contribution in [3.63, 3.8) is 0 Å². The number of esters is 1. The first-order valence-corrected chi connectivity index (χ1v) is 7.05. The van der Waals surface area contributed by atoms with Crippen LogP contribution < -0.4 is 0 Å². The Balaban J connectivity index is 2.41. The Hall–Kier alpha value is -1.00. The summed E-state index contributed by atoms with van der Waals surface area (Å²) in [7, 11) is 1.41. The maximum Gasteiger partial charge on any atom is 0.348 e. The van der Waals surface area contributed by atoms with Gasteiger partial charge in [-0.15, -0.1) is 11.3 Å². The van der Waals surface area contributed by atoms with Gasteiger partial charge in [0.1, 0.15) is 4.88 Å². The molecule has 0 saturated heterocycles. The van der Waals surface area contributed by atoms with Crippen LogP contribution in [0.3, 0.4) is 0 Å². The van der Waals surface area contributed by atoms with Gasteiger partial charge in [0.05, 0.1) is 7.11 Å². The molecule has 0 aliphatic carbocycles. The molecule has 4 heteroatoms. The molecule has 0 saturated carbocycles. The Labute approximate surface area is 103 Å². The molecule has 0 aliphatic heterocycles. The Bertz CT molecular complexity index is 517. The minimum atomic E-state index is -0.257. The van der Waals surface area contributed by atoms with Crippen molar-refractivity contribution in [2.75, 3.05) is 13.4 Å². The van der Waals surface area contributed by atoms with Crippen molar-refractivity contribution in [1.29, 1.82) is 0 Å². The lowest BCUT2D eigenvalue weighted by atomic mass is 10.2. The summed E-state index contributed by atoms with van der Waals surface area (Å²) in [6.07, 6.45) is 2.08. The van der Waals surface area contributed by atoms with Gasteiger partial charge in [0.2, 0.25) is 0 Å². The minimum Gasteiger partial charge on any atom is -0.465 e. The third kappa shape index (κ3) is 2.23. The molecular weight excluding hydrogens is 240 g/mol. The zero-order valence-electron chi connectivity index (χ0n) is 9.15. The first kappa shape index (κ1) is 11.5. The van der Waals surface area contributed by atoms with Crippen LogP contribution >= 0.6 is 23.1 Å². The molecule has 1 aromatic carbocycles. The molecule has 0 aliphatic rings. The Kier molecular flexibility index (Phi) is 3.51. The molecule has 0 N–H and O–H groups in total. The molecule has 0 radical (unpaired) electrons. The fourth-order valence-corrected chi connectivity index (χ4v) is 3.02. The monoisotopic (exact) mass is 252 g/mol. The van der Waals surface area contributed by atoms with Crippen LogP contribution in [-0.2, 0) is 10.5 Å². The standard InChI is InChI=1S/C12H12O2S2/c1-14-12(13)11-6-9-5-8(7-15-2)3-4-10(9)16-11/h3-6H,7H2,1-2H3. The number of ether oxygens (including phenoxy) is 1. The molecule has 0 spiro atoms. The van der Waals surface area contributed by atoms with E-state index >= 15 is 0 Å². The molecule has 2 nitrogen and oxygen atoms in total. The van der Waals surface area contributed by atoms with Gasteiger partial charge >= 0.3 is 5.97 Å². The van der Waals surface area contributed by atoms with Gasteiger partial charge in [0, 0.05) is 10.5 Å². The van der Waals surface area contributed by atoms with Gasteiger partial charge in [-0.25, -0.2) is 4.79 Å². The minimum absolute atomic E-state index is 0.257. The van der Waals surface area contributed by atoms with E-state index in [4.69, 9.17) is 4.74 Å². The van der Waals surface area contributed by atoms with E-state index in [0.717, 1.165) is 15.8 Å². The Morgan fingerprint density at radius 1 is 1.44 bits per heavy atom. The summed E-state index contributed by atoms with van der Waals surface area (Å²) >= 11 is 3.27. The van der Waals surface area contributed by atoms with Gasteiger partial charge in [-0.05, 0) is 35.4 Å². The molecule has 2 rings (SSSR count). The van der Waals surface area contributed by atoms with Crippen LogP contribution in [-0.4, -0.2) is 19.3 Å². The van der Waals surface area contributed by atoms with Crippen molar-refractivity contribution in [2.24, 2.45) is 0 Å². The number of hydrogen-bond acceptors (Lipinski definition) is 4. The molecule has 1 heterocycles. The average molecular weight is 252 g/mol. The SMILES string of the molecule is COC(=O)c1cc2cc(CSC)ccc2s1. The summed E-state index contributed by atoms with van der Waals surface area (Å²) in [4.78, 5) is 12.0. The first-order chi connectivity index (χ1) is 7.74. The summed E-state index contributed by atoms with van der Waals surface area (Å²) in [5.41, 5.74) is 1.29. The molecule has 0 bridgehead atoms. The molecule has 2 aromatic rings. The van der Waals surface area contributed by atoms with Crippen LogP contribution in [0.2, 0.25) is 0 Å². The number of thiophene rings is 1. The predicted octanol–water partition coefficient (Wildman–Crippen LogP) is 3.55. The van der Waals surface area contributed by atoms with Crippen molar-refractivity contribution in [2.45, 2.75) is 5.75 Å². The summed E-state index contributed by atoms with van der Waals surface area (Å²) < 4.78 is 5.84. The van der Waals surface area contributed by atoms with Crippen LogP contribution in [0.1, 0.15) is 15.2 Å². The van der Waals surface area contributed by atoms with Crippen LogP contribution in [0.25, 0.3) is 10.1 Å². The number of carbonyl (C=O) groups excluding carboxylic acids is 1. The number of hydrogen-bond donors (Lipinski definition) is 0. The summed E-state index contributed by atoms with van der Waals surface area (Å²) in [5, 5.41) is 1.12. The fourth-order valence-electron chi connectivity index (χ4n) is 1.55. The number of carbonyl (C=O) groups is 1. The van der Waals surface area contributed by atoms with Crippen molar-refractivity contribution in [3.8, 4) is 0 Å². The highest BCUT2D eigenvalue weighted by Gasteiger charge is 2.10. The molecule has 84 valence electrons. The normalized spacial score (nSPS) is 10.6. The summed E-state index contributed by atoms with van der Waals surface area (Å²) in [5.74, 6) is 0.743. The van der Waals surface area contributed by atoms with E-state index in [9.17, 15) is 4.79 Å². The summed E-state index contributed by atoms with van der Waals surface area (Å²) in [6, 6.07) is 8.21. The zero-order valence-corrected chi connectivity index (χ0v) is 10.8. The van der Waals surface area contributed by atoms with Gasteiger partial charge in [-0.1, -0.05) is 6.07 Å². The van der Waals surface area contributed by atoms with Crippen molar-refractivity contribution >= 4 is 39.2 Å². The highest BCUT2D eigenvalue weighted by Crippen LogP contribution is 2.27. The van der Waals surface area contributed by atoms with Gasteiger partial charge < -0.3 is 4.74 Å². The predicted molar refractivity (Wildman–Crippen MR) is 70.4 cm³/mol. The number of methoxy groups -OCH3 is 1. The lowest BCUT2D eigenvalue weighted by molar-refractivity contribution is 0.0606. The quantitative estimate of drug-likeness (QED) is 0.781. The number of fused-ring (bicyclic) bond motifs is 1. The number of benzene rings is 1. The molecule has 0 amide bonds. The highest BCUT2D eigenvalue weighted by atomic mass is 32.2. The molecule has 1 aromatic heterocycles. The van der Waals surface area contributed by atoms with E-state index in [1.165, 1.54) is 24.0 Å². The fraction of sp³-hybridized carbons (Fsp3) is 0.250. The smallest absolute Gasteiger partial charge is 0.348 e. The van der Waals surface area contributed by atoms with Gasteiger partial charge in [-0.3, -0.25) is 0 Å². The van der Waals surface area contributed by atoms with E-state index in [0.29, 0.717) is 4.88 Å². The third-order valence-electron chi connectivity index (χ3n) is 2.28. The lowest BCUT2D eigenvalue weighted by Crippen LogP contribution is -1.96. The molecular formula is C12H12O2S2. The second kappa shape index (κ2) is 4.89. The van der Waals surface area contributed by atoms with Crippen LogP contribution in [0, 0.1) is 0 Å². The van der Waals surface area contributed by atoms with Crippen molar-refractivity contribution in [3.05, 3.63) is 34.7 Å². The Morgan fingerprint density at radius 3 is 2.94 bits per heavy atom. The van der Waals surface area contributed by atoms with Crippen molar-refractivity contribution in [1.82, 2.24) is 0 Å². The van der Waals surface area contributed by atoms with Gasteiger partial charge in [0.15, 0.2) is 0 Å². The number of rotatable bonds is 3. The topological polar surface area (TPSA) is 26.3 Å². The summed E-state index contributed by atoms with van der Waals surface area (Å²) in [6.45, 7) is 0. The van der Waals surface area contributed by atoms with E-state index in [-0.39, 0.29) is 5.97 Å². The first-order valence-electron chi connectivity index (χ1n) is 4.84. The Morgan fingerprint density at radius 2 is 2.25 bits per heavy atom. The number of thioether (sulfide) groups is 1. The maximum atomic E-state index is 11.4. The largest absolute Gasteiger partial charge is 0.465 e. The van der Waals surface area contributed by atoms with E-state index in [1.54, 1.807) is 11.8 Å². The second-order valence-electron chi connectivity index (χ2n) is 3.41. The second-order valence-corrected chi connectivity index (χ2v) is 5.36. The van der Waals surface area contributed by atoms with E-state index < -0.39 is 0 Å². The molecule has 0 unspecified atom stereocenters. The average Bonchev–Trinajstić information content (AvgIpc) is 2.71. The lowest BCUT2D eigenvalue weighted by Gasteiger charge is -1.97.